The SMILES string of the molecule is Cc1nn(C)c(C)c1C(C)NC(C)Cc1ccc(Cl)cc1. The zero-order chi connectivity index (χ0) is 15.6. The van der Waals surface area contributed by atoms with Crippen LogP contribution in [-0.4, -0.2) is 15.8 Å². The molecule has 0 saturated heterocycles. The third-order valence-electron chi connectivity index (χ3n) is 3.99. The molecule has 1 heterocycles. The first-order valence-corrected chi connectivity index (χ1v) is 7.77. The van der Waals surface area contributed by atoms with Crippen molar-refractivity contribution in [2.45, 2.75) is 46.2 Å². The first-order valence-electron chi connectivity index (χ1n) is 7.39. The van der Waals surface area contributed by atoms with E-state index in [0.29, 0.717) is 12.1 Å². The summed E-state index contributed by atoms with van der Waals surface area (Å²) in [5.74, 6) is 0. The highest BCUT2D eigenvalue weighted by Gasteiger charge is 2.17. The smallest absolute Gasteiger partial charge is 0.0644 e. The first kappa shape index (κ1) is 16.1. The molecule has 2 aromatic rings. The molecular formula is C17H24ClN3. The predicted octanol–water partition coefficient (Wildman–Crippen LogP) is 3.97. The number of aryl methyl sites for hydroxylation is 2. The van der Waals surface area contributed by atoms with Gasteiger partial charge in [0.1, 0.15) is 0 Å². The maximum absolute atomic E-state index is 5.92. The van der Waals surface area contributed by atoms with Crippen LogP contribution >= 0.6 is 11.6 Å². The van der Waals surface area contributed by atoms with Crippen molar-refractivity contribution in [2.75, 3.05) is 0 Å². The zero-order valence-corrected chi connectivity index (χ0v) is 14.2. The normalized spacial score (nSPS) is 14.2. The number of hydrogen-bond acceptors (Lipinski definition) is 2. The molecule has 0 bridgehead atoms. The lowest BCUT2D eigenvalue weighted by molar-refractivity contribution is 0.474. The van der Waals surface area contributed by atoms with E-state index < -0.39 is 0 Å². The minimum absolute atomic E-state index is 0.293. The average molecular weight is 306 g/mol. The standard InChI is InChI=1S/C17H24ClN3/c1-11(10-15-6-8-16(18)9-7-15)19-12(2)17-13(3)20-21(5)14(17)4/h6-9,11-12,19H,10H2,1-5H3. The van der Waals surface area contributed by atoms with Crippen LogP contribution in [0.25, 0.3) is 0 Å². The largest absolute Gasteiger partial charge is 0.307 e. The maximum atomic E-state index is 5.92. The molecule has 2 rings (SSSR count). The Balaban J connectivity index is 2.01. The summed E-state index contributed by atoms with van der Waals surface area (Å²) in [6.45, 7) is 8.61. The van der Waals surface area contributed by atoms with Crippen molar-refractivity contribution in [3.05, 3.63) is 51.8 Å². The molecule has 0 amide bonds. The van der Waals surface area contributed by atoms with Crippen LogP contribution in [0.4, 0.5) is 0 Å². The molecule has 0 aliphatic heterocycles. The van der Waals surface area contributed by atoms with Crippen molar-refractivity contribution in [3.8, 4) is 0 Å². The molecule has 0 aliphatic rings. The summed E-state index contributed by atoms with van der Waals surface area (Å²) in [4.78, 5) is 0. The third-order valence-corrected chi connectivity index (χ3v) is 4.24. The van der Waals surface area contributed by atoms with E-state index in [0.717, 1.165) is 17.1 Å². The highest BCUT2D eigenvalue weighted by molar-refractivity contribution is 6.30. The van der Waals surface area contributed by atoms with E-state index in [-0.39, 0.29) is 0 Å². The minimum Gasteiger partial charge on any atom is -0.307 e. The lowest BCUT2D eigenvalue weighted by atomic mass is 10.0. The third kappa shape index (κ3) is 3.86. The van der Waals surface area contributed by atoms with Crippen molar-refractivity contribution < 1.29 is 0 Å². The predicted molar refractivity (Wildman–Crippen MR) is 88.9 cm³/mol. The van der Waals surface area contributed by atoms with Crippen LogP contribution in [0.2, 0.25) is 5.02 Å². The molecule has 0 aliphatic carbocycles. The topological polar surface area (TPSA) is 29.9 Å². The van der Waals surface area contributed by atoms with Gasteiger partial charge in [-0.3, -0.25) is 4.68 Å². The van der Waals surface area contributed by atoms with Crippen LogP contribution in [0.3, 0.4) is 0 Å². The van der Waals surface area contributed by atoms with Gasteiger partial charge in [0.2, 0.25) is 0 Å². The Hall–Kier alpha value is -1.32. The molecule has 2 unspecified atom stereocenters. The molecular weight excluding hydrogens is 282 g/mol. The van der Waals surface area contributed by atoms with Crippen LogP contribution in [0.15, 0.2) is 24.3 Å². The number of nitrogens with zero attached hydrogens (tertiary/aromatic N) is 2. The number of rotatable bonds is 5. The van der Waals surface area contributed by atoms with Crippen molar-refractivity contribution in [1.29, 1.82) is 0 Å². The molecule has 21 heavy (non-hydrogen) atoms. The highest BCUT2D eigenvalue weighted by Crippen LogP contribution is 2.21. The second kappa shape index (κ2) is 6.63. The summed E-state index contributed by atoms with van der Waals surface area (Å²) in [5.41, 5.74) is 4.94. The van der Waals surface area contributed by atoms with Crippen molar-refractivity contribution in [3.63, 3.8) is 0 Å². The van der Waals surface area contributed by atoms with E-state index in [2.05, 4.69) is 50.2 Å². The van der Waals surface area contributed by atoms with Gasteiger partial charge in [0, 0.05) is 35.4 Å². The Kier molecular flexibility index (Phi) is 5.07. The summed E-state index contributed by atoms with van der Waals surface area (Å²) < 4.78 is 1.95. The van der Waals surface area contributed by atoms with E-state index in [1.807, 2.05) is 23.9 Å². The molecule has 1 aromatic carbocycles. The molecule has 0 saturated carbocycles. The van der Waals surface area contributed by atoms with Gasteiger partial charge in [0.05, 0.1) is 5.69 Å². The lowest BCUT2D eigenvalue weighted by Crippen LogP contribution is -2.31. The fraction of sp³-hybridized carbons (Fsp3) is 0.471. The van der Waals surface area contributed by atoms with Crippen LogP contribution in [0.5, 0.6) is 0 Å². The first-order chi connectivity index (χ1) is 9.88. The Morgan fingerprint density at radius 3 is 2.33 bits per heavy atom. The van der Waals surface area contributed by atoms with E-state index >= 15 is 0 Å². The second-order valence-electron chi connectivity index (χ2n) is 5.83. The fourth-order valence-electron chi connectivity index (χ4n) is 2.96. The molecule has 1 aromatic heterocycles. The number of aromatic nitrogens is 2. The molecule has 3 nitrogen and oxygen atoms in total. The van der Waals surface area contributed by atoms with Gasteiger partial charge in [-0.1, -0.05) is 23.7 Å². The van der Waals surface area contributed by atoms with Crippen molar-refractivity contribution in [1.82, 2.24) is 15.1 Å². The molecule has 2 atom stereocenters. The number of nitrogens with one attached hydrogen (secondary N) is 1. The van der Waals surface area contributed by atoms with Crippen LogP contribution < -0.4 is 5.32 Å². The van der Waals surface area contributed by atoms with Crippen LogP contribution in [-0.2, 0) is 13.5 Å². The summed E-state index contributed by atoms with van der Waals surface area (Å²) in [6, 6.07) is 8.75. The highest BCUT2D eigenvalue weighted by atomic mass is 35.5. The van der Waals surface area contributed by atoms with Crippen LogP contribution in [0.1, 0.15) is 42.4 Å². The second-order valence-corrected chi connectivity index (χ2v) is 6.26. The Labute approximate surface area is 132 Å². The zero-order valence-electron chi connectivity index (χ0n) is 13.4. The summed E-state index contributed by atoms with van der Waals surface area (Å²) >= 11 is 5.92. The Morgan fingerprint density at radius 2 is 1.81 bits per heavy atom. The molecule has 1 N–H and O–H groups in total. The van der Waals surface area contributed by atoms with Gasteiger partial charge < -0.3 is 5.32 Å². The monoisotopic (exact) mass is 305 g/mol. The van der Waals surface area contributed by atoms with Crippen molar-refractivity contribution in [2.24, 2.45) is 7.05 Å². The lowest BCUT2D eigenvalue weighted by Gasteiger charge is -2.21. The fourth-order valence-corrected chi connectivity index (χ4v) is 3.09. The van der Waals surface area contributed by atoms with Gasteiger partial charge in [-0.15, -0.1) is 0 Å². The van der Waals surface area contributed by atoms with Gasteiger partial charge in [-0.2, -0.15) is 5.10 Å². The van der Waals surface area contributed by atoms with E-state index in [4.69, 9.17) is 11.6 Å². The molecule has 0 fully saturated rings. The average Bonchev–Trinajstić information content (AvgIpc) is 2.66. The van der Waals surface area contributed by atoms with Gasteiger partial charge in [0.25, 0.3) is 0 Å². The number of halogens is 1. The molecule has 0 spiro atoms. The van der Waals surface area contributed by atoms with Gasteiger partial charge in [0.15, 0.2) is 0 Å². The van der Waals surface area contributed by atoms with Crippen LogP contribution in [0, 0.1) is 13.8 Å². The quantitative estimate of drug-likeness (QED) is 0.906. The van der Waals surface area contributed by atoms with Gasteiger partial charge in [-0.05, 0) is 51.8 Å². The van der Waals surface area contributed by atoms with Gasteiger partial charge in [-0.25, -0.2) is 0 Å². The summed E-state index contributed by atoms with van der Waals surface area (Å²) in [5, 5.41) is 8.95. The van der Waals surface area contributed by atoms with E-state index in [1.165, 1.54) is 16.8 Å². The molecule has 4 heteroatoms. The molecule has 114 valence electrons. The van der Waals surface area contributed by atoms with Crippen molar-refractivity contribution >= 4 is 11.6 Å². The van der Waals surface area contributed by atoms with Gasteiger partial charge >= 0.3 is 0 Å². The summed E-state index contributed by atoms with van der Waals surface area (Å²) in [6.07, 6.45) is 0.986. The Morgan fingerprint density at radius 1 is 1.19 bits per heavy atom. The minimum atomic E-state index is 0.293. The maximum Gasteiger partial charge on any atom is 0.0644 e. The summed E-state index contributed by atoms with van der Waals surface area (Å²) in [7, 11) is 2.00. The molecule has 0 radical (unpaired) electrons. The number of benzene rings is 1. The van der Waals surface area contributed by atoms with E-state index in [1.54, 1.807) is 0 Å². The Bertz CT molecular complexity index is 601. The van der Waals surface area contributed by atoms with E-state index in [9.17, 15) is 0 Å². The number of hydrogen-bond donors (Lipinski definition) is 1.